The first kappa shape index (κ1) is 14.9. The van der Waals surface area contributed by atoms with Crippen LogP contribution in [-0.4, -0.2) is 29.5 Å². The van der Waals surface area contributed by atoms with Gasteiger partial charge in [0, 0.05) is 22.7 Å². The van der Waals surface area contributed by atoms with Gasteiger partial charge in [-0.25, -0.2) is 0 Å². The number of hydrogen-bond acceptors (Lipinski definition) is 3. The van der Waals surface area contributed by atoms with Crippen molar-refractivity contribution in [3.05, 3.63) is 30.3 Å². The van der Waals surface area contributed by atoms with E-state index >= 15 is 0 Å². The standard InChI is InChI=1S/C16H25NOS/c1-14-7-9-16(13-18,10-8-14)17-11-12-19-15-5-3-2-4-6-15/h2-6,14,17-18H,7-13H2,1H3. The van der Waals surface area contributed by atoms with Gasteiger partial charge in [-0.2, -0.15) is 0 Å². The van der Waals surface area contributed by atoms with E-state index < -0.39 is 0 Å². The molecule has 2 nitrogen and oxygen atoms in total. The van der Waals surface area contributed by atoms with Crippen molar-refractivity contribution in [2.75, 3.05) is 18.9 Å². The van der Waals surface area contributed by atoms with Crippen LogP contribution < -0.4 is 5.32 Å². The molecule has 0 aromatic heterocycles. The molecule has 0 heterocycles. The van der Waals surface area contributed by atoms with Gasteiger partial charge in [-0.3, -0.25) is 0 Å². The van der Waals surface area contributed by atoms with Gasteiger partial charge < -0.3 is 10.4 Å². The van der Waals surface area contributed by atoms with E-state index in [-0.39, 0.29) is 12.1 Å². The van der Waals surface area contributed by atoms with Gasteiger partial charge in [-0.1, -0.05) is 25.1 Å². The van der Waals surface area contributed by atoms with E-state index in [1.54, 1.807) is 0 Å². The quantitative estimate of drug-likeness (QED) is 0.619. The van der Waals surface area contributed by atoms with Crippen molar-refractivity contribution in [2.24, 2.45) is 5.92 Å². The van der Waals surface area contributed by atoms with Crippen LogP contribution in [0.15, 0.2) is 35.2 Å². The summed E-state index contributed by atoms with van der Waals surface area (Å²) in [6.07, 6.45) is 4.69. The van der Waals surface area contributed by atoms with Crippen LogP contribution in [0.1, 0.15) is 32.6 Å². The first-order valence-corrected chi connectivity index (χ1v) is 8.26. The zero-order chi connectivity index (χ0) is 13.6. The zero-order valence-electron chi connectivity index (χ0n) is 11.8. The first-order valence-electron chi connectivity index (χ1n) is 7.28. The Morgan fingerprint density at radius 2 is 1.95 bits per heavy atom. The van der Waals surface area contributed by atoms with Crippen molar-refractivity contribution in [3.8, 4) is 0 Å². The molecule has 1 saturated carbocycles. The molecule has 0 unspecified atom stereocenters. The van der Waals surface area contributed by atoms with Gasteiger partial charge in [0.2, 0.25) is 0 Å². The lowest BCUT2D eigenvalue weighted by atomic mass is 9.77. The number of rotatable bonds is 6. The molecule has 1 aliphatic rings. The summed E-state index contributed by atoms with van der Waals surface area (Å²) in [6.45, 7) is 3.55. The predicted octanol–water partition coefficient (Wildman–Crippen LogP) is 3.31. The molecule has 0 radical (unpaired) electrons. The molecule has 0 saturated heterocycles. The Morgan fingerprint density at radius 3 is 2.58 bits per heavy atom. The number of aliphatic hydroxyl groups excluding tert-OH is 1. The highest BCUT2D eigenvalue weighted by molar-refractivity contribution is 7.99. The van der Waals surface area contributed by atoms with Crippen molar-refractivity contribution < 1.29 is 5.11 Å². The van der Waals surface area contributed by atoms with Crippen LogP contribution in [0.4, 0.5) is 0 Å². The molecule has 19 heavy (non-hydrogen) atoms. The highest BCUT2D eigenvalue weighted by Crippen LogP contribution is 2.31. The second kappa shape index (κ2) is 7.32. The topological polar surface area (TPSA) is 32.3 Å². The van der Waals surface area contributed by atoms with Crippen LogP contribution in [0.2, 0.25) is 0 Å². The third-order valence-electron chi connectivity index (χ3n) is 4.15. The minimum atomic E-state index is -0.0102. The normalized spacial score (nSPS) is 27.4. The molecule has 1 aliphatic carbocycles. The molecule has 2 rings (SSSR count). The molecular formula is C16H25NOS. The van der Waals surface area contributed by atoms with E-state index in [9.17, 15) is 5.11 Å². The Balaban J connectivity index is 1.72. The maximum Gasteiger partial charge on any atom is 0.0613 e. The van der Waals surface area contributed by atoms with Crippen LogP contribution in [0.25, 0.3) is 0 Å². The van der Waals surface area contributed by atoms with E-state index in [1.165, 1.54) is 17.7 Å². The minimum absolute atomic E-state index is 0.0102. The maximum absolute atomic E-state index is 9.67. The highest BCUT2D eigenvalue weighted by atomic mass is 32.2. The van der Waals surface area contributed by atoms with Gasteiger partial charge in [0.15, 0.2) is 0 Å². The summed E-state index contributed by atoms with van der Waals surface area (Å²) in [7, 11) is 0. The third-order valence-corrected chi connectivity index (χ3v) is 5.16. The fraction of sp³-hybridized carbons (Fsp3) is 0.625. The summed E-state index contributed by atoms with van der Waals surface area (Å²) in [5.41, 5.74) is -0.0102. The van der Waals surface area contributed by atoms with E-state index in [2.05, 4.69) is 36.5 Å². The van der Waals surface area contributed by atoms with Gasteiger partial charge in [0.25, 0.3) is 0 Å². The van der Waals surface area contributed by atoms with E-state index in [0.29, 0.717) is 0 Å². The van der Waals surface area contributed by atoms with Crippen molar-refractivity contribution in [2.45, 2.75) is 43.0 Å². The number of hydrogen-bond donors (Lipinski definition) is 2. The lowest BCUT2D eigenvalue weighted by Crippen LogP contribution is -2.51. The third kappa shape index (κ3) is 4.51. The molecule has 3 heteroatoms. The van der Waals surface area contributed by atoms with Crippen molar-refractivity contribution in [1.82, 2.24) is 5.32 Å². The SMILES string of the molecule is CC1CCC(CO)(NCCSc2ccccc2)CC1. The molecule has 0 aliphatic heterocycles. The molecule has 1 fully saturated rings. The molecule has 0 spiro atoms. The second-order valence-corrected chi connectivity index (χ2v) is 6.88. The van der Waals surface area contributed by atoms with Gasteiger partial charge >= 0.3 is 0 Å². The maximum atomic E-state index is 9.67. The van der Waals surface area contributed by atoms with Gasteiger partial charge in [-0.15, -0.1) is 11.8 Å². The van der Waals surface area contributed by atoms with Crippen molar-refractivity contribution in [3.63, 3.8) is 0 Å². The molecular weight excluding hydrogens is 254 g/mol. The molecule has 1 aromatic carbocycles. The molecule has 2 N–H and O–H groups in total. The summed E-state index contributed by atoms with van der Waals surface area (Å²) in [6, 6.07) is 10.5. The van der Waals surface area contributed by atoms with E-state index in [1.807, 2.05) is 17.8 Å². The van der Waals surface area contributed by atoms with Crippen LogP contribution >= 0.6 is 11.8 Å². The second-order valence-electron chi connectivity index (χ2n) is 5.71. The van der Waals surface area contributed by atoms with Crippen LogP contribution in [-0.2, 0) is 0 Å². The van der Waals surface area contributed by atoms with Gasteiger partial charge in [0.1, 0.15) is 0 Å². The summed E-state index contributed by atoms with van der Waals surface area (Å²) >= 11 is 1.87. The summed E-state index contributed by atoms with van der Waals surface area (Å²) in [4.78, 5) is 1.32. The minimum Gasteiger partial charge on any atom is -0.394 e. The van der Waals surface area contributed by atoms with Crippen molar-refractivity contribution >= 4 is 11.8 Å². The number of nitrogens with one attached hydrogen (secondary N) is 1. The number of aliphatic hydroxyl groups is 1. The molecule has 1 aromatic rings. The van der Waals surface area contributed by atoms with E-state index in [4.69, 9.17) is 0 Å². The fourth-order valence-electron chi connectivity index (χ4n) is 2.71. The summed E-state index contributed by atoms with van der Waals surface area (Å²) < 4.78 is 0. The largest absolute Gasteiger partial charge is 0.394 e. The van der Waals surface area contributed by atoms with Crippen LogP contribution in [0.3, 0.4) is 0 Å². The Labute approximate surface area is 121 Å². The Bertz CT molecular complexity index is 360. The Hall–Kier alpha value is -0.510. The fourth-order valence-corrected chi connectivity index (χ4v) is 3.50. The summed E-state index contributed by atoms with van der Waals surface area (Å²) in [5.74, 6) is 1.88. The smallest absolute Gasteiger partial charge is 0.0613 e. The lowest BCUT2D eigenvalue weighted by molar-refractivity contribution is 0.108. The van der Waals surface area contributed by atoms with Gasteiger partial charge in [0.05, 0.1) is 6.61 Å². The lowest BCUT2D eigenvalue weighted by Gasteiger charge is -2.39. The molecule has 0 atom stereocenters. The Kier molecular flexibility index (Phi) is 5.74. The van der Waals surface area contributed by atoms with Crippen molar-refractivity contribution in [1.29, 1.82) is 0 Å². The highest BCUT2D eigenvalue weighted by Gasteiger charge is 2.32. The number of thioether (sulfide) groups is 1. The van der Waals surface area contributed by atoms with Crippen LogP contribution in [0.5, 0.6) is 0 Å². The molecule has 0 bridgehead atoms. The molecule has 106 valence electrons. The molecule has 0 amide bonds. The average molecular weight is 279 g/mol. The predicted molar refractivity (Wildman–Crippen MR) is 82.6 cm³/mol. The first-order chi connectivity index (χ1) is 9.24. The van der Waals surface area contributed by atoms with E-state index in [0.717, 1.165) is 31.1 Å². The van der Waals surface area contributed by atoms with Gasteiger partial charge in [-0.05, 0) is 43.7 Å². The Morgan fingerprint density at radius 1 is 1.26 bits per heavy atom. The average Bonchev–Trinajstić information content (AvgIpc) is 2.47. The summed E-state index contributed by atoms with van der Waals surface area (Å²) in [5, 5.41) is 13.3. The zero-order valence-corrected chi connectivity index (χ0v) is 12.6. The monoisotopic (exact) mass is 279 g/mol. The van der Waals surface area contributed by atoms with Crippen LogP contribution in [0, 0.1) is 5.92 Å². The number of benzene rings is 1.